The number of methoxy groups -OCH3 is 1. The molecule has 22 heavy (non-hydrogen) atoms. The first-order valence-electron chi connectivity index (χ1n) is 6.42. The van der Waals surface area contributed by atoms with E-state index in [1.54, 1.807) is 0 Å². The fourth-order valence-corrected chi connectivity index (χ4v) is 3.27. The van der Waals surface area contributed by atoms with Crippen LogP contribution in [0.25, 0.3) is 0 Å². The highest BCUT2D eigenvalue weighted by Gasteiger charge is 2.35. The third kappa shape index (κ3) is 3.35. The summed E-state index contributed by atoms with van der Waals surface area (Å²) in [6.45, 7) is 0.0246. The van der Waals surface area contributed by atoms with Gasteiger partial charge in [-0.1, -0.05) is 6.07 Å². The second-order valence-corrected chi connectivity index (χ2v) is 6.42. The fraction of sp³-hybridized carbons (Fsp3) is 0.385. The Balaban J connectivity index is 2.29. The van der Waals surface area contributed by atoms with E-state index in [1.807, 2.05) is 0 Å². The Morgan fingerprint density at radius 3 is 2.77 bits per heavy atom. The lowest BCUT2D eigenvalue weighted by atomic mass is 10.1. The molecule has 0 saturated carbocycles. The summed E-state index contributed by atoms with van der Waals surface area (Å²) >= 11 is 0. The Kier molecular flexibility index (Phi) is 4.36. The van der Waals surface area contributed by atoms with Crippen LogP contribution in [-0.4, -0.2) is 39.7 Å². The Morgan fingerprint density at radius 1 is 1.50 bits per heavy atom. The molecule has 9 heteroatoms. The van der Waals surface area contributed by atoms with E-state index >= 15 is 0 Å². The van der Waals surface area contributed by atoms with Crippen LogP contribution in [0, 0.1) is 5.92 Å². The number of para-hydroxylation sites is 1. The first-order valence-corrected chi connectivity index (χ1v) is 7.97. The number of amides is 1. The molecule has 1 aliphatic rings. The number of ether oxygens (including phenoxy) is 1. The zero-order valence-electron chi connectivity index (χ0n) is 11.8. The highest BCUT2D eigenvalue weighted by atomic mass is 32.3. The monoisotopic (exact) mass is 330 g/mol. The Morgan fingerprint density at radius 2 is 2.18 bits per heavy atom. The van der Waals surface area contributed by atoms with Crippen molar-refractivity contribution >= 4 is 33.5 Å². The van der Waals surface area contributed by atoms with Crippen molar-refractivity contribution in [2.24, 2.45) is 5.92 Å². The van der Waals surface area contributed by atoms with E-state index in [1.165, 1.54) is 30.2 Å². The van der Waals surface area contributed by atoms with Gasteiger partial charge < -0.3 is 15.4 Å². The topological polar surface area (TPSA) is 107 Å². The van der Waals surface area contributed by atoms with Crippen molar-refractivity contribution in [3.05, 3.63) is 23.8 Å². The number of anilines is 2. The van der Waals surface area contributed by atoms with Gasteiger partial charge in [-0.25, -0.2) is 4.79 Å². The summed E-state index contributed by atoms with van der Waals surface area (Å²) in [4.78, 5) is 24.9. The number of nitrogens with two attached hydrogens (primary N) is 1. The smallest absolute Gasteiger partial charge is 0.340 e. The van der Waals surface area contributed by atoms with Crippen LogP contribution in [0.1, 0.15) is 16.8 Å². The molecule has 2 N–H and O–H groups in total. The molecular weight excluding hydrogens is 315 g/mol. The summed E-state index contributed by atoms with van der Waals surface area (Å²) in [6.07, 6.45) is -0.0922. The number of nitrogens with zero attached hydrogens (tertiary/aromatic N) is 1. The van der Waals surface area contributed by atoms with Crippen LogP contribution in [0.15, 0.2) is 18.2 Å². The number of esters is 1. The lowest BCUT2D eigenvalue weighted by Crippen LogP contribution is -2.27. The third-order valence-electron chi connectivity index (χ3n) is 3.42. The van der Waals surface area contributed by atoms with Gasteiger partial charge in [-0.15, -0.1) is 3.89 Å². The van der Waals surface area contributed by atoms with E-state index in [2.05, 4.69) is 4.74 Å². The lowest BCUT2D eigenvalue weighted by molar-refractivity contribution is -0.117. The standard InChI is InChI=1S/C13H15FN2O5S/c1-21-13(18)9-3-2-4-10(12(9)15)16-6-8(5-11(16)17)7-22(14,19)20/h2-4,8H,5-7,15H2,1H3. The molecule has 120 valence electrons. The number of nitrogen functional groups attached to an aromatic ring is 1. The minimum atomic E-state index is -4.66. The fourth-order valence-electron chi connectivity index (χ4n) is 2.48. The van der Waals surface area contributed by atoms with E-state index in [-0.39, 0.29) is 35.8 Å². The molecule has 0 radical (unpaired) electrons. The third-order valence-corrected chi connectivity index (χ3v) is 4.29. The van der Waals surface area contributed by atoms with Crippen molar-refractivity contribution in [3.63, 3.8) is 0 Å². The molecule has 1 aromatic carbocycles. The van der Waals surface area contributed by atoms with Crippen molar-refractivity contribution in [1.29, 1.82) is 0 Å². The minimum absolute atomic E-state index is 0.0246. The second kappa shape index (κ2) is 5.91. The van der Waals surface area contributed by atoms with E-state index in [0.29, 0.717) is 0 Å². The van der Waals surface area contributed by atoms with Crippen LogP contribution in [0.4, 0.5) is 15.3 Å². The summed E-state index contributed by atoms with van der Waals surface area (Å²) in [7, 11) is -3.45. The maximum absolute atomic E-state index is 12.7. The van der Waals surface area contributed by atoms with Crippen molar-refractivity contribution in [2.45, 2.75) is 6.42 Å². The van der Waals surface area contributed by atoms with Gasteiger partial charge in [-0.05, 0) is 12.1 Å². The average Bonchev–Trinajstić information content (AvgIpc) is 2.76. The van der Waals surface area contributed by atoms with E-state index in [0.717, 1.165) is 0 Å². The molecule has 1 fully saturated rings. The summed E-state index contributed by atoms with van der Waals surface area (Å²) < 4.78 is 38.8. The Bertz CT molecular complexity index is 719. The molecule has 0 aromatic heterocycles. The lowest BCUT2D eigenvalue weighted by Gasteiger charge is -2.19. The molecule has 1 aromatic rings. The summed E-state index contributed by atoms with van der Waals surface area (Å²) in [5.74, 6) is -2.38. The number of halogens is 1. The SMILES string of the molecule is COC(=O)c1cccc(N2CC(CS(=O)(=O)F)CC2=O)c1N. The van der Waals surface area contributed by atoms with Gasteiger partial charge in [0.25, 0.3) is 0 Å². The van der Waals surface area contributed by atoms with E-state index < -0.39 is 27.9 Å². The molecule has 1 atom stereocenters. The largest absolute Gasteiger partial charge is 0.465 e. The number of rotatable bonds is 4. The zero-order chi connectivity index (χ0) is 16.5. The molecule has 0 spiro atoms. The van der Waals surface area contributed by atoms with Crippen molar-refractivity contribution < 1.29 is 26.6 Å². The first kappa shape index (κ1) is 16.2. The van der Waals surface area contributed by atoms with Gasteiger partial charge in [-0.3, -0.25) is 4.79 Å². The summed E-state index contributed by atoms with van der Waals surface area (Å²) in [6, 6.07) is 4.52. The number of carbonyl (C=O) groups excluding carboxylic acids is 2. The molecule has 1 aliphatic heterocycles. The first-order chi connectivity index (χ1) is 10.2. The minimum Gasteiger partial charge on any atom is -0.465 e. The van der Waals surface area contributed by atoms with Gasteiger partial charge in [-0.2, -0.15) is 8.42 Å². The highest BCUT2D eigenvalue weighted by Crippen LogP contribution is 2.32. The van der Waals surface area contributed by atoms with E-state index in [4.69, 9.17) is 5.73 Å². The Labute approximate surface area is 127 Å². The number of hydrogen-bond donors (Lipinski definition) is 1. The van der Waals surface area contributed by atoms with Crippen molar-refractivity contribution in [1.82, 2.24) is 0 Å². The van der Waals surface area contributed by atoms with Crippen LogP contribution < -0.4 is 10.6 Å². The zero-order valence-corrected chi connectivity index (χ0v) is 12.6. The highest BCUT2D eigenvalue weighted by molar-refractivity contribution is 7.86. The molecule has 1 amide bonds. The molecule has 1 heterocycles. The Hall–Kier alpha value is -2.16. The van der Waals surface area contributed by atoms with Gasteiger partial charge in [0.05, 0.1) is 29.8 Å². The van der Waals surface area contributed by atoms with Crippen molar-refractivity contribution in [2.75, 3.05) is 30.0 Å². The molecular formula is C13H15FN2O5S. The molecule has 0 bridgehead atoms. The predicted molar refractivity (Wildman–Crippen MR) is 77.5 cm³/mol. The van der Waals surface area contributed by atoms with Crippen LogP contribution in [0.5, 0.6) is 0 Å². The summed E-state index contributed by atoms with van der Waals surface area (Å²) in [5, 5.41) is 0. The average molecular weight is 330 g/mol. The van der Waals surface area contributed by atoms with Gasteiger partial charge in [0.15, 0.2) is 0 Å². The predicted octanol–water partition coefficient (Wildman–Crippen LogP) is 0.708. The van der Waals surface area contributed by atoms with E-state index in [9.17, 15) is 21.9 Å². The normalized spacial score (nSPS) is 18.5. The number of hydrogen-bond acceptors (Lipinski definition) is 6. The maximum Gasteiger partial charge on any atom is 0.340 e. The van der Waals surface area contributed by atoms with Crippen LogP contribution in [-0.2, 0) is 19.8 Å². The van der Waals surface area contributed by atoms with Gasteiger partial charge in [0, 0.05) is 18.9 Å². The molecule has 2 rings (SSSR count). The quantitative estimate of drug-likeness (QED) is 0.495. The number of benzene rings is 1. The molecule has 1 saturated heterocycles. The number of carbonyl (C=O) groups is 2. The van der Waals surface area contributed by atoms with Crippen LogP contribution in [0.3, 0.4) is 0 Å². The molecule has 0 aliphatic carbocycles. The maximum atomic E-state index is 12.7. The van der Waals surface area contributed by atoms with Gasteiger partial charge >= 0.3 is 16.2 Å². The van der Waals surface area contributed by atoms with Crippen molar-refractivity contribution in [3.8, 4) is 0 Å². The molecule has 7 nitrogen and oxygen atoms in total. The van der Waals surface area contributed by atoms with Crippen LogP contribution in [0.2, 0.25) is 0 Å². The second-order valence-electron chi connectivity index (χ2n) is 5.01. The van der Waals surface area contributed by atoms with Crippen LogP contribution >= 0.6 is 0 Å². The van der Waals surface area contributed by atoms with Gasteiger partial charge in [0.1, 0.15) is 0 Å². The molecule has 1 unspecified atom stereocenters. The summed E-state index contributed by atoms with van der Waals surface area (Å²) in [5.41, 5.74) is 6.34. The van der Waals surface area contributed by atoms with Gasteiger partial charge in [0.2, 0.25) is 5.91 Å².